The molecule has 1 atom stereocenters. The van der Waals surface area contributed by atoms with E-state index < -0.39 is 23.8 Å². The van der Waals surface area contributed by atoms with Crippen molar-refractivity contribution in [1.82, 2.24) is 0 Å². The Morgan fingerprint density at radius 2 is 2.00 bits per heavy atom. The summed E-state index contributed by atoms with van der Waals surface area (Å²) in [6, 6.07) is 9.49. The summed E-state index contributed by atoms with van der Waals surface area (Å²) in [6.45, 7) is 0. The molecule has 1 unspecified atom stereocenters. The van der Waals surface area contributed by atoms with Crippen LogP contribution in [0.1, 0.15) is 16.7 Å². The minimum atomic E-state index is -4.90. The highest BCUT2D eigenvalue weighted by Gasteiger charge is 2.48. The van der Waals surface area contributed by atoms with Crippen LogP contribution in [0, 0.1) is 11.8 Å². The Hall–Kier alpha value is -3.11. The first-order valence-electron chi connectivity index (χ1n) is 7.87. The zero-order chi connectivity index (χ0) is 20.5. The number of halogens is 4. The van der Waals surface area contributed by atoms with Crippen molar-refractivity contribution in [2.75, 3.05) is 7.11 Å². The van der Waals surface area contributed by atoms with E-state index in [1.807, 2.05) is 0 Å². The molecule has 0 aliphatic carbocycles. The molecule has 0 radical (unpaired) electrons. The second-order valence-corrected chi connectivity index (χ2v) is 6.23. The fourth-order valence-corrected chi connectivity index (χ4v) is 2.85. The number of ether oxygens (including phenoxy) is 2. The number of benzene rings is 2. The molecule has 2 aromatic carbocycles. The number of fused-ring (bicyclic) bond motifs is 1. The van der Waals surface area contributed by atoms with Gasteiger partial charge in [-0.25, -0.2) is 4.79 Å². The van der Waals surface area contributed by atoms with Gasteiger partial charge in [-0.15, -0.1) is 0 Å². The zero-order valence-corrected chi connectivity index (χ0v) is 15.1. The van der Waals surface area contributed by atoms with Crippen LogP contribution >= 0.6 is 11.6 Å². The molecule has 0 bridgehead atoms. The summed E-state index contributed by atoms with van der Waals surface area (Å²) in [5.74, 6) is 4.22. The Bertz CT molecular complexity index is 1030. The van der Waals surface area contributed by atoms with Crippen LogP contribution in [0.25, 0.3) is 6.08 Å². The van der Waals surface area contributed by atoms with Crippen LogP contribution in [0.4, 0.5) is 13.2 Å². The van der Waals surface area contributed by atoms with Crippen molar-refractivity contribution in [1.29, 1.82) is 0 Å². The van der Waals surface area contributed by atoms with Gasteiger partial charge in [0.15, 0.2) is 0 Å². The lowest BCUT2D eigenvalue weighted by Gasteiger charge is -2.27. The van der Waals surface area contributed by atoms with Crippen molar-refractivity contribution in [3.8, 4) is 23.3 Å². The number of carboxylic acid groups (broad SMARTS) is 1. The number of aliphatic carboxylic acids is 1. The van der Waals surface area contributed by atoms with Gasteiger partial charge in [0.25, 0.3) is 0 Å². The van der Waals surface area contributed by atoms with E-state index in [0.29, 0.717) is 11.3 Å². The van der Waals surface area contributed by atoms with Crippen molar-refractivity contribution in [2.24, 2.45) is 0 Å². The summed E-state index contributed by atoms with van der Waals surface area (Å²) in [7, 11) is 1.50. The molecule has 1 aliphatic rings. The molecule has 2 aromatic rings. The molecule has 0 saturated carbocycles. The fraction of sp³-hybridized carbons (Fsp3) is 0.150. The molecule has 1 heterocycles. The predicted molar refractivity (Wildman–Crippen MR) is 96.5 cm³/mol. The Labute approximate surface area is 163 Å². The molecule has 144 valence electrons. The van der Waals surface area contributed by atoms with E-state index in [2.05, 4.69) is 11.8 Å². The summed E-state index contributed by atoms with van der Waals surface area (Å²) < 4.78 is 50.0. The lowest BCUT2D eigenvalue weighted by atomic mass is 9.98. The molecule has 1 N–H and O–H groups in total. The number of alkyl halides is 3. The smallest absolute Gasteiger partial charge is 0.430 e. The van der Waals surface area contributed by atoms with Crippen molar-refractivity contribution in [3.05, 3.63) is 63.7 Å². The summed E-state index contributed by atoms with van der Waals surface area (Å²) >= 11 is 6.02. The molecule has 0 saturated heterocycles. The molecular weight excluding hydrogens is 397 g/mol. The fourth-order valence-electron chi connectivity index (χ4n) is 2.63. The van der Waals surface area contributed by atoms with E-state index in [9.17, 15) is 18.0 Å². The monoisotopic (exact) mass is 408 g/mol. The Morgan fingerprint density at radius 1 is 1.25 bits per heavy atom. The molecule has 3 rings (SSSR count). The second kappa shape index (κ2) is 7.49. The van der Waals surface area contributed by atoms with Gasteiger partial charge in [-0.3, -0.25) is 0 Å². The Morgan fingerprint density at radius 3 is 2.64 bits per heavy atom. The SMILES string of the molecule is COc1cccc(C#Cc2cc(Cl)cc3c2OC(C(F)(F)F)C(C(=O)O)=C3)c1. The van der Waals surface area contributed by atoms with Crippen molar-refractivity contribution in [2.45, 2.75) is 12.3 Å². The van der Waals surface area contributed by atoms with E-state index in [4.69, 9.17) is 26.2 Å². The van der Waals surface area contributed by atoms with E-state index in [0.717, 1.165) is 6.08 Å². The molecular formula is C20H12ClF3O4. The predicted octanol–water partition coefficient (Wildman–Crippen LogP) is 4.54. The maximum absolute atomic E-state index is 13.3. The Kier molecular flexibility index (Phi) is 5.25. The normalized spacial score (nSPS) is 15.5. The molecule has 1 aliphatic heterocycles. The van der Waals surface area contributed by atoms with Crippen LogP contribution in [0.3, 0.4) is 0 Å². The van der Waals surface area contributed by atoms with E-state index >= 15 is 0 Å². The number of carboxylic acids is 1. The maximum atomic E-state index is 13.3. The highest BCUT2D eigenvalue weighted by Crippen LogP contribution is 2.40. The van der Waals surface area contributed by atoms with Crippen LogP contribution in [0.5, 0.6) is 11.5 Å². The standard InChI is InChI=1S/C20H12ClF3O4/c1-27-15-4-2-3-11(7-15)5-6-12-8-14(21)9-13-10-16(19(25)26)18(20(22,23)24)28-17(12)13/h2-4,7-10,18H,1H3,(H,25,26). The van der Waals surface area contributed by atoms with Crippen LogP contribution < -0.4 is 9.47 Å². The van der Waals surface area contributed by atoms with Crippen LogP contribution in [0.2, 0.25) is 5.02 Å². The number of hydrogen-bond acceptors (Lipinski definition) is 3. The molecule has 28 heavy (non-hydrogen) atoms. The third-order valence-corrected chi connectivity index (χ3v) is 4.09. The summed E-state index contributed by atoms with van der Waals surface area (Å²) in [4.78, 5) is 11.2. The van der Waals surface area contributed by atoms with Crippen LogP contribution in [-0.2, 0) is 4.79 Å². The highest BCUT2D eigenvalue weighted by molar-refractivity contribution is 6.31. The van der Waals surface area contributed by atoms with Gasteiger partial charge in [0.2, 0.25) is 6.10 Å². The number of carbonyl (C=O) groups is 1. The van der Waals surface area contributed by atoms with Crippen molar-refractivity contribution in [3.63, 3.8) is 0 Å². The first-order chi connectivity index (χ1) is 13.2. The van der Waals surface area contributed by atoms with Gasteiger partial charge in [-0.2, -0.15) is 13.2 Å². The Balaban J connectivity index is 2.10. The molecule has 8 heteroatoms. The van der Waals surface area contributed by atoms with E-state index in [-0.39, 0.29) is 21.9 Å². The molecule has 0 amide bonds. The first-order valence-corrected chi connectivity index (χ1v) is 8.24. The van der Waals surface area contributed by atoms with Gasteiger partial charge in [0.1, 0.15) is 11.5 Å². The van der Waals surface area contributed by atoms with Gasteiger partial charge in [0.05, 0.1) is 18.2 Å². The van der Waals surface area contributed by atoms with Gasteiger partial charge in [-0.05, 0) is 36.4 Å². The van der Waals surface area contributed by atoms with Gasteiger partial charge in [0, 0.05) is 16.1 Å². The van der Waals surface area contributed by atoms with Crippen molar-refractivity contribution < 1.29 is 32.5 Å². The number of rotatable bonds is 2. The topological polar surface area (TPSA) is 55.8 Å². The first kappa shape index (κ1) is 19.6. The van der Waals surface area contributed by atoms with Gasteiger partial charge >= 0.3 is 12.1 Å². The third kappa shape index (κ3) is 4.07. The molecule has 4 nitrogen and oxygen atoms in total. The summed E-state index contributed by atoms with van der Waals surface area (Å²) in [6.07, 6.45) is -6.60. The van der Waals surface area contributed by atoms with Crippen LogP contribution in [0.15, 0.2) is 42.0 Å². The van der Waals surface area contributed by atoms with Gasteiger partial charge < -0.3 is 14.6 Å². The quantitative estimate of drug-likeness (QED) is 0.741. The third-order valence-electron chi connectivity index (χ3n) is 3.87. The number of methoxy groups -OCH3 is 1. The molecule has 0 aromatic heterocycles. The highest BCUT2D eigenvalue weighted by atomic mass is 35.5. The lowest BCUT2D eigenvalue weighted by molar-refractivity contribution is -0.187. The zero-order valence-electron chi connectivity index (χ0n) is 14.3. The average Bonchev–Trinajstić information content (AvgIpc) is 2.64. The minimum Gasteiger partial charge on any atom is -0.497 e. The minimum absolute atomic E-state index is 0.111. The van der Waals surface area contributed by atoms with Crippen LogP contribution in [-0.4, -0.2) is 30.5 Å². The largest absolute Gasteiger partial charge is 0.497 e. The number of hydrogen-bond donors (Lipinski definition) is 1. The summed E-state index contributed by atoms with van der Waals surface area (Å²) in [5, 5.41) is 9.30. The van der Waals surface area contributed by atoms with Crippen molar-refractivity contribution >= 4 is 23.6 Å². The maximum Gasteiger partial charge on any atom is 0.430 e. The average molecular weight is 409 g/mol. The second-order valence-electron chi connectivity index (χ2n) is 5.80. The lowest BCUT2D eigenvalue weighted by Crippen LogP contribution is -2.40. The van der Waals surface area contributed by atoms with Gasteiger partial charge in [-0.1, -0.05) is 29.5 Å². The molecule has 0 spiro atoms. The van der Waals surface area contributed by atoms with E-state index in [1.54, 1.807) is 24.3 Å². The van der Waals surface area contributed by atoms with E-state index in [1.165, 1.54) is 19.2 Å². The summed E-state index contributed by atoms with van der Waals surface area (Å²) in [5.41, 5.74) is -0.132. The molecule has 0 fully saturated rings.